The monoisotopic (exact) mass is 402 g/mol. The van der Waals surface area contributed by atoms with Crippen LogP contribution in [0.3, 0.4) is 0 Å². The number of carbonyl (C=O) groups excluding carboxylic acids is 1. The Labute approximate surface area is 142 Å². The molecule has 0 bridgehead atoms. The molecular weight excluding hydrogens is 387 g/mol. The molecule has 22 heavy (non-hydrogen) atoms. The molecule has 0 aliphatic rings. The van der Waals surface area contributed by atoms with Gasteiger partial charge in [0.1, 0.15) is 0 Å². The fraction of sp³-hybridized carbons (Fsp3) is 0.105. The van der Waals surface area contributed by atoms with Crippen LogP contribution < -0.4 is 0 Å². The molecule has 0 saturated carbocycles. The number of rotatable bonds is 1. The summed E-state index contributed by atoms with van der Waals surface area (Å²) < 4.78 is 4.69. The molecule has 4 aromatic carbocycles. The highest BCUT2D eigenvalue weighted by Crippen LogP contribution is 2.33. The maximum Gasteiger partial charge on any atom is 0.315 e. The van der Waals surface area contributed by atoms with Gasteiger partial charge in [0.05, 0.1) is 11.5 Å². The molecule has 4 rings (SSSR count). The van der Waals surface area contributed by atoms with Crippen molar-refractivity contribution in [2.75, 3.05) is 11.5 Å². The molecule has 0 saturated heterocycles. The van der Waals surface area contributed by atoms with Crippen molar-refractivity contribution in [3.05, 3.63) is 60.7 Å². The molecule has 0 spiro atoms. The van der Waals surface area contributed by atoms with E-state index in [0.29, 0.717) is 4.43 Å². The van der Waals surface area contributed by atoms with E-state index >= 15 is 0 Å². The van der Waals surface area contributed by atoms with Gasteiger partial charge in [0.15, 0.2) is 0 Å². The van der Waals surface area contributed by atoms with Crippen LogP contribution in [-0.2, 0) is 9.53 Å². The molecule has 110 valence electrons. The number of hydrogen-bond acceptors (Lipinski definition) is 2. The molecule has 0 atom stereocenters. The summed E-state index contributed by atoms with van der Waals surface area (Å²) in [4.78, 5) is 9.95. The van der Waals surface area contributed by atoms with Gasteiger partial charge < -0.3 is 4.74 Å². The lowest BCUT2D eigenvalue weighted by Crippen LogP contribution is -1.98. The molecule has 0 aliphatic carbocycles. The lowest BCUT2D eigenvalue weighted by atomic mass is 9.95. The van der Waals surface area contributed by atoms with Crippen LogP contribution in [0.15, 0.2) is 60.7 Å². The Morgan fingerprint density at radius 3 is 1.41 bits per heavy atom. The summed E-state index contributed by atoms with van der Waals surface area (Å²) in [6, 6.07) is 21.9. The summed E-state index contributed by atoms with van der Waals surface area (Å²) in [5.74, 6) is -0.171. The smallest absolute Gasteiger partial charge is 0.315 e. The summed E-state index contributed by atoms with van der Waals surface area (Å²) in [6.45, 7) is 0. The Bertz CT molecular complexity index is 794. The van der Waals surface area contributed by atoms with Gasteiger partial charge in [-0.1, -0.05) is 83.3 Å². The van der Waals surface area contributed by atoms with E-state index in [1.807, 2.05) is 22.6 Å². The largest absolute Gasteiger partial charge is 0.468 e. The van der Waals surface area contributed by atoms with Crippen LogP contribution in [0, 0.1) is 0 Å². The number of benzene rings is 4. The zero-order valence-electron chi connectivity index (χ0n) is 12.2. The van der Waals surface area contributed by atoms with E-state index in [0.717, 1.165) is 0 Å². The number of halogens is 1. The van der Waals surface area contributed by atoms with Crippen molar-refractivity contribution in [2.45, 2.75) is 0 Å². The average Bonchev–Trinajstić information content (AvgIpc) is 2.59. The van der Waals surface area contributed by atoms with Gasteiger partial charge in [-0.15, -0.1) is 0 Å². The molecule has 0 aliphatic heterocycles. The molecule has 0 aromatic heterocycles. The number of carbonyl (C=O) groups is 1. The molecule has 0 heterocycles. The summed E-state index contributed by atoms with van der Waals surface area (Å²) >= 11 is 1.94. The highest BCUT2D eigenvalue weighted by Gasteiger charge is 2.05. The van der Waals surface area contributed by atoms with Crippen molar-refractivity contribution in [2.24, 2.45) is 0 Å². The number of ether oxygens (including phenoxy) is 1. The zero-order valence-corrected chi connectivity index (χ0v) is 14.3. The van der Waals surface area contributed by atoms with Crippen LogP contribution in [0.2, 0.25) is 0 Å². The predicted octanol–water partition coefficient (Wildman–Crippen LogP) is 5.18. The van der Waals surface area contributed by atoms with E-state index in [4.69, 9.17) is 0 Å². The van der Waals surface area contributed by atoms with E-state index in [-0.39, 0.29) is 5.97 Å². The first kappa shape index (κ1) is 15.0. The molecule has 0 unspecified atom stereocenters. The fourth-order valence-corrected chi connectivity index (χ4v) is 3.04. The first-order chi connectivity index (χ1) is 10.7. The quantitative estimate of drug-likeness (QED) is 0.190. The van der Waals surface area contributed by atoms with Crippen LogP contribution in [0.4, 0.5) is 0 Å². The minimum atomic E-state index is -0.171. The van der Waals surface area contributed by atoms with Crippen LogP contribution in [-0.4, -0.2) is 17.5 Å². The number of esters is 1. The van der Waals surface area contributed by atoms with Gasteiger partial charge in [-0.2, -0.15) is 0 Å². The molecule has 2 nitrogen and oxygen atoms in total. The van der Waals surface area contributed by atoms with Crippen LogP contribution in [0.5, 0.6) is 0 Å². The summed E-state index contributed by atoms with van der Waals surface area (Å²) in [5, 5.41) is 8.14. The molecule has 0 fully saturated rings. The van der Waals surface area contributed by atoms with Gasteiger partial charge in [-0.3, -0.25) is 4.79 Å². The third kappa shape index (κ3) is 2.73. The minimum absolute atomic E-state index is 0.171. The van der Waals surface area contributed by atoms with Gasteiger partial charge in [0.25, 0.3) is 0 Å². The maximum absolute atomic E-state index is 9.95. The summed E-state index contributed by atoms with van der Waals surface area (Å²) in [7, 11) is 1.38. The van der Waals surface area contributed by atoms with Crippen molar-refractivity contribution in [1.29, 1.82) is 0 Å². The van der Waals surface area contributed by atoms with Gasteiger partial charge in [0, 0.05) is 0 Å². The highest BCUT2D eigenvalue weighted by molar-refractivity contribution is 14.1. The van der Waals surface area contributed by atoms with Crippen molar-refractivity contribution >= 4 is 60.9 Å². The molecule has 0 N–H and O–H groups in total. The van der Waals surface area contributed by atoms with Crippen molar-refractivity contribution in [3.63, 3.8) is 0 Å². The van der Waals surface area contributed by atoms with E-state index in [2.05, 4.69) is 65.4 Å². The molecule has 0 amide bonds. The Morgan fingerprint density at radius 1 is 0.818 bits per heavy atom. The summed E-state index contributed by atoms with van der Waals surface area (Å²) in [6.07, 6.45) is 0. The topological polar surface area (TPSA) is 26.3 Å². The standard InChI is InChI=1S/C16H10.C3H5IO2/c1-3-11-7-9-13-5-2-6-14-10-8-12(4-1)15(11)16(13)14;1-6-3(5)2-4/h1-10H;2H2,1H3. The van der Waals surface area contributed by atoms with Crippen molar-refractivity contribution in [3.8, 4) is 0 Å². The SMILES string of the molecule is COC(=O)CI.c1cc2ccc3cccc4ccc(c1)c2c34. The third-order valence-corrected chi connectivity index (χ3v) is 4.35. The summed E-state index contributed by atoms with van der Waals surface area (Å²) in [5.41, 5.74) is 0. The number of alkyl halides is 1. The Balaban J connectivity index is 0.000000209. The zero-order chi connectivity index (χ0) is 15.5. The normalized spacial score (nSPS) is 10.6. The van der Waals surface area contributed by atoms with E-state index < -0.39 is 0 Å². The van der Waals surface area contributed by atoms with Crippen molar-refractivity contribution in [1.82, 2.24) is 0 Å². The molecule has 0 radical (unpaired) electrons. The Hall–Kier alpha value is -1.88. The van der Waals surface area contributed by atoms with Gasteiger partial charge in [0.2, 0.25) is 0 Å². The van der Waals surface area contributed by atoms with Crippen LogP contribution in [0.25, 0.3) is 32.3 Å². The lowest BCUT2D eigenvalue weighted by Gasteiger charge is -2.09. The van der Waals surface area contributed by atoms with Gasteiger partial charge >= 0.3 is 5.97 Å². The molecule has 3 heteroatoms. The first-order valence-electron chi connectivity index (χ1n) is 7.00. The van der Waals surface area contributed by atoms with E-state index in [1.165, 1.54) is 39.4 Å². The molecule has 4 aromatic rings. The Morgan fingerprint density at radius 2 is 1.18 bits per heavy atom. The Kier molecular flexibility index (Phi) is 4.43. The first-order valence-corrected chi connectivity index (χ1v) is 8.52. The average molecular weight is 402 g/mol. The second-order valence-electron chi connectivity index (χ2n) is 5.00. The van der Waals surface area contributed by atoms with Crippen LogP contribution >= 0.6 is 22.6 Å². The number of hydrogen-bond donors (Lipinski definition) is 0. The fourth-order valence-electron chi connectivity index (χ4n) is 2.72. The van der Waals surface area contributed by atoms with Crippen molar-refractivity contribution < 1.29 is 9.53 Å². The second-order valence-corrected chi connectivity index (χ2v) is 5.76. The highest BCUT2D eigenvalue weighted by atomic mass is 127. The van der Waals surface area contributed by atoms with E-state index in [1.54, 1.807) is 0 Å². The predicted molar refractivity (Wildman–Crippen MR) is 101 cm³/mol. The minimum Gasteiger partial charge on any atom is -0.468 e. The van der Waals surface area contributed by atoms with Gasteiger partial charge in [-0.25, -0.2) is 0 Å². The van der Waals surface area contributed by atoms with Crippen LogP contribution in [0.1, 0.15) is 0 Å². The second kappa shape index (κ2) is 6.48. The third-order valence-electron chi connectivity index (χ3n) is 3.73. The maximum atomic E-state index is 9.95. The number of methoxy groups -OCH3 is 1. The van der Waals surface area contributed by atoms with E-state index in [9.17, 15) is 4.79 Å². The van der Waals surface area contributed by atoms with Gasteiger partial charge in [-0.05, 0) is 32.3 Å². The lowest BCUT2D eigenvalue weighted by molar-refractivity contribution is -0.137. The molecular formula is C19H15IO2.